The van der Waals surface area contributed by atoms with Crippen molar-refractivity contribution in [1.82, 2.24) is 5.32 Å². The van der Waals surface area contributed by atoms with Crippen molar-refractivity contribution in [1.29, 1.82) is 5.26 Å². The van der Waals surface area contributed by atoms with E-state index in [1.54, 1.807) is 32.0 Å². The van der Waals surface area contributed by atoms with Gasteiger partial charge in [0.05, 0.1) is 22.4 Å². The number of carbonyl (C=O) groups excluding carboxylic acids is 1. The lowest BCUT2D eigenvalue weighted by Crippen LogP contribution is -2.52. The highest BCUT2D eigenvalue weighted by atomic mass is 16.4. The molecule has 3 rings (SSSR count). The summed E-state index contributed by atoms with van der Waals surface area (Å²) in [5, 5.41) is 28.3. The second-order valence-electron chi connectivity index (χ2n) is 8.60. The third kappa shape index (κ3) is 4.54. The summed E-state index contributed by atoms with van der Waals surface area (Å²) in [6.07, 6.45) is 0. The first kappa shape index (κ1) is 22.3. The molecule has 0 aliphatic carbocycles. The SMILES string of the molecule is C[C@H](CN[C@H](C)[C@@H]1Nc2c(C#N)cccc2NC1=O)c1cccc(C(C)(C)C(=O)O)c1. The Bertz CT molecular complexity index is 1040. The van der Waals surface area contributed by atoms with E-state index in [1.165, 1.54) is 0 Å². The van der Waals surface area contributed by atoms with E-state index >= 15 is 0 Å². The predicted molar refractivity (Wildman–Crippen MR) is 120 cm³/mol. The van der Waals surface area contributed by atoms with Crippen LogP contribution in [0.15, 0.2) is 42.5 Å². The fourth-order valence-corrected chi connectivity index (χ4v) is 3.64. The highest BCUT2D eigenvalue weighted by Crippen LogP contribution is 2.31. The largest absolute Gasteiger partial charge is 0.481 e. The van der Waals surface area contributed by atoms with Gasteiger partial charge in [0.2, 0.25) is 5.91 Å². The molecular weight excluding hydrogens is 392 g/mol. The van der Waals surface area contributed by atoms with Gasteiger partial charge < -0.3 is 21.1 Å². The smallest absolute Gasteiger partial charge is 0.313 e. The number of aliphatic carboxylic acids is 1. The Morgan fingerprint density at radius 1 is 1.26 bits per heavy atom. The molecule has 0 unspecified atom stereocenters. The number of benzene rings is 2. The molecule has 3 atom stereocenters. The number of carboxylic acid groups (broad SMARTS) is 1. The van der Waals surface area contributed by atoms with Crippen LogP contribution in [0, 0.1) is 11.3 Å². The molecule has 0 spiro atoms. The van der Waals surface area contributed by atoms with E-state index in [9.17, 15) is 20.0 Å². The van der Waals surface area contributed by atoms with Crippen LogP contribution in [-0.4, -0.2) is 35.6 Å². The maximum absolute atomic E-state index is 12.6. The number of carboxylic acids is 1. The summed E-state index contributed by atoms with van der Waals surface area (Å²) in [4.78, 5) is 24.2. The molecule has 0 aromatic heterocycles. The van der Waals surface area contributed by atoms with Crippen molar-refractivity contribution >= 4 is 23.3 Å². The first-order valence-electron chi connectivity index (χ1n) is 10.3. The zero-order valence-corrected chi connectivity index (χ0v) is 18.2. The molecule has 0 fully saturated rings. The first-order chi connectivity index (χ1) is 14.6. The van der Waals surface area contributed by atoms with E-state index in [0.29, 0.717) is 23.5 Å². The molecule has 0 saturated heterocycles. The predicted octanol–water partition coefficient (Wildman–Crippen LogP) is 3.43. The monoisotopic (exact) mass is 420 g/mol. The zero-order chi connectivity index (χ0) is 22.8. The van der Waals surface area contributed by atoms with Crippen molar-refractivity contribution in [3.8, 4) is 6.07 Å². The van der Waals surface area contributed by atoms with Gasteiger partial charge in [-0.15, -0.1) is 0 Å². The number of amides is 1. The van der Waals surface area contributed by atoms with Crippen molar-refractivity contribution in [2.75, 3.05) is 17.2 Å². The van der Waals surface area contributed by atoms with E-state index in [-0.39, 0.29) is 17.9 Å². The van der Waals surface area contributed by atoms with Crippen LogP contribution < -0.4 is 16.0 Å². The highest BCUT2D eigenvalue weighted by molar-refractivity contribution is 6.04. The molecule has 162 valence electrons. The summed E-state index contributed by atoms with van der Waals surface area (Å²) >= 11 is 0. The normalized spacial score (nSPS) is 17.5. The minimum Gasteiger partial charge on any atom is -0.481 e. The summed E-state index contributed by atoms with van der Waals surface area (Å²) < 4.78 is 0. The van der Waals surface area contributed by atoms with Crippen molar-refractivity contribution in [2.45, 2.75) is 51.1 Å². The maximum atomic E-state index is 12.6. The molecule has 2 aromatic carbocycles. The Kier molecular flexibility index (Phi) is 6.32. The molecule has 31 heavy (non-hydrogen) atoms. The molecule has 1 amide bonds. The number of carbonyl (C=O) groups is 2. The number of hydrogen-bond acceptors (Lipinski definition) is 5. The van der Waals surface area contributed by atoms with Gasteiger partial charge in [-0.25, -0.2) is 0 Å². The summed E-state index contributed by atoms with van der Waals surface area (Å²) in [6.45, 7) is 7.98. The third-order valence-corrected chi connectivity index (χ3v) is 5.98. The Balaban J connectivity index is 1.68. The molecular formula is C24H28N4O3. The van der Waals surface area contributed by atoms with Crippen LogP contribution in [0.1, 0.15) is 50.3 Å². The van der Waals surface area contributed by atoms with E-state index in [0.717, 1.165) is 11.1 Å². The van der Waals surface area contributed by atoms with Crippen LogP contribution in [0.2, 0.25) is 0 Å². The van der Waals surface area contributed by atoms with Crippen molar-refractivity contribution in [3.63, 3.8) is 0 Å². The number of rotatable bonds is 7. The fraction of sp³-hybridized carbons (Fsp3) is 0.375. The zero-order valence-electron chi connectivity index (χ0n) is 18.2. The van der Waals surface area contributed by atoms with Gasteiger partial charge in [0, 0.05) is 12.6 Å². The van der Waals surface area contributed by atoms with E-state index in [4.69, 9.17) is 0 Å². The topological polar surface area (TPSA) is 114 Å². The van der Waals surface area contributed by atoms with Crippen LogP contribution in [0.5, 0.6) is 0 Å². The molecule has 2 aromatic rings. The van der Waals surface area contributed by atoms with E-state index < -0.39 is 17.4 Å². The lowest BCUT2D eigenvalue weighted by Gasteiger charge is -2.32. The van der Waals surface area contributed by atoms with Crippen LogP contribution in [0.25, 0.3) is 0 Å². The van der Waals surface area contributed by atoms with Gasteiger partial charge in [0.1, 0.15) is 12.1 Å². The lowest BCUT2D eigenvalue weighted by molar-refractivity contribution is -0.142. The Morgan fingerprint density at radius 3 is 2.65 bits per heavy atom. The lowest BCUT2D eigenvalue weighted by atomic mass is 9.83. The molecule has 1 aliphatic heterocycles. The van der Waals surface area contributed by atoms with E-state index in [2.05, 4.69) is 28.9 Å². The van der Waals surface area contributed by atoms with Crippen molar-refractivity contribution in [3.05, 3.63) is 59.2 Å². The number of para-hydroxylation sites is 1. The molecule has 1 heterocycles. The van der Waals surface area contributed by atoms with Crippen LogP contribution in [-0.2, 0) is 15.0 Å². The standard InChI is InChI=1S/C24H28N4O3/c1-14(16-7-5-9-18(11-16)24(3,4)23(30)31)13-26-15(2)20-22(29)27-19-10-6-8-17(12-25)21(19)28-20/h5-11,14-15,20,26,28H,13H2,1-4H3,(H,27,29)(H,30,31)/t14-,15-,20+/m1/s1. The molecule has 7 heteroatoms. The minimum absolute atomic E-state index is 0.112. The molecule has 1 aliphatic rings. The number of fused-ring (bicyclic) bond motifs is 1. The third-order valence-electron chi connectivity index (χ3n) is 5.98. The van der Waals surface area contributed by atoms with Gasteiger partial charge in [-0.05, 0) is 49.9 Å². The van der Waals surface area contributed by atoms with Gasteiger partial charge >= 0.3 is 5.97 Å². The molecule has 4 N–H and O–H groups in total. The summed E-state index contributed by atoms with van der Waals surface area (Å²) in [7, 11) is 0. The second-order valence-corrected chi connectivity index (χ2v) is 8.60. The van der Waals surface area contributed by atoms with E-state index in [1.807, 2.05) is 31.2 Å². The van der Waals surface area contributed by atoms with Gasteiger partial charge in [0.25, 0.3) is 0 Å². The Morgan fingerprint density at radius 2 is 1.97 bits per heavy atom. The highest BCUT2D eigenvalue weighted by Gasteiger charge is 2.32. The Hall–Kier alpha value is -3.37. The maximum Gasteiger partial charge on any atom is 0.313 e. The fourth-order valence-electron chi connectivity index (χ4n) is 3.64. The second kappa shape index (κ2) is 8.78. The number of hydrogen-bond donors (Lipinski definition) is 4. The van der Waals surface area contributed by atoms with Crippen molar-refractivity contribution in [2.24, 2.45) is 0 Å². The van der Waals surface area contributed by atoms with Crippen LogP contribution in [0.3, 0.4) is 0 Å². The number of anilines is 2. The molecule has 0 radical (unpaired) electrons. The summed E-state index contributed by atoms with van der Waals surface area (Å²) in [5.41, 5.74) is 2.56. The van der Waals surface area contributed by atoms with Crippen molar-refractivity contribution < 1.29 is 14.7 Å². The van der Waals surface area contributed by atoms with Gasteiger partial charge in [0.15, 0.2) is 0 Å². The molecule has 0 bridgehead atoms. The van der Waals surface area contributed by atoms with Crippen LogP contribution >= 0.6 is 0 Å². The summed E-state index contributed by atoms with van der Waals surface area (Å²) in [5.74, 6) is -0.906. The van der Waals surface area contributed by atoms with Gasteiger partial charge in [-0.1, -0.05) is 37.3 Å². The molecule has 7 nitrogen and oxygen atoms in total. The number of nitriles is 1. The average molecular weight is 421 g/mol. The number of nitrogens with zero attached hydrogens (tertiary/aromatic N) is 1. The number of nitrogens with one attached hydrogen (secondary N) is 3. The van der Waals surface area contributed by atoms with Gasteiger partial charge in [-0.2, -0.15) is 5.26 Å². The minimum atomic E-state index is -0.966. The van der Waals surface area contributed by atoms with Crippen LogP contribution in [0.4, 0.5) is 11.4 Å². The molecule has 0 saturated carbocycles. The van der Waals surface area contributed by atoms with Gasteiger partial charge in [-0.3, -0.25) is 9.59 Å². The first-order valence-corrected chi connectivity index (χ1v) is 10.3. The quantitative estimate of drug-likeness (QED) is 0.546. The Labute approximate surface area is 182 Å². The average Bonchev–Trinajstić information content (AvgIpc) is 2.76. The summed E-state index contributed by atoms with van der Waals surface area (Å²) in [6, 6.07) is 14.3.